The maximum atomic E-state index is 12.9. The minimum atomic E-state index is -3.56. The van der Waals surface area contributed by atoms with Crippen LogP contribution in [0.1, 0.15) is 52.0 Å². The number of carbonyl (C=O) groups is 1. The van der Waals surface area contributed by atoms with Crippen molar-refractivity contribution in [2.75, 3.05) is 31.5 Å². The van der Waals surface area contributed by atoms with Crippen LogP contribution in [0.4, 0.5) is 5.69 Å². The molecule has 27 heavy (non-hydrogen) atoms. The highest BCUT2D eigenvalue weighted by molar-refractivity contribution is 7.89. The molecule has 1 aliphatic heterocycles. The number of nitrogens with one attached hydrogen (secondary N) is 1. The third kappa shape index (κ3) is 5.30. The van der Waals surface area contributed by atoms with E-state index >= 15 is 0 Å². The van der Waals surface area contributed by atoms with Crippen LogP contribution in [-0.2, 0) is 14.8 Å². The molecule has 0 aliphatic carbocycles. The van der Waals surface area contributed by atoms with Crippen molar-refractivity contribution in [2.24, 2.45) is 0 Å². The molecule has 1 saturated heterocycles. The van der Waals surface area contributed by atoms with Crippen LogP contribution in [0.3, 0.4) is 0 Å². The van der Waals surface area contributed by atoms with Gasteiger partial charge >= 0.3 is 0 Å². The summed E-state index contributed by atoms with van der Waals surface area (Å²) in [7, 11) is -3.56. The van der Waals surface area contributed by atoms with Gasteiger partial charge < -0.3 is 5.32 Å². The molecule has 7 heteroatoms. The first-order valence-electron chi connectivity index (χ1n) is 9.97. The van der Waals surface area contributed by atoms with Gasteiger partial charge in [0.1, 0.15) is 0 Å². The van der Waals surface area contributed by atoms with E-state index in [1.807, 2.05) is 20.8 Å². The van der Waals surface area contributed by atoms with Gasteiger partial charge in [-0.1, -0.05) is 32.8 Å². The molecule has 0 bridgehead atoms. The minimum Gasteiger partial charge on any atom is -0.325 e. The van der Waals surface area contributed by atoms with Gasteiger partial charge in [-0.2, -0.15) is 4.31 Å². The van der Waals surface area contributed by atoms with Crippen molar-refractivity contribution in [1.29, 1.82) is 0 Å². The van der Waals surface area contributed by atoms with E-state index < -0.39 is 10.0 Å². The van der Waals surface area contributed by atoms with Crippen LogP contribution in [0, 0.1) is 6.92 Å². The highest BCUT2D eigenvalue weighted by atomic mass is 32.2. The monoisotopic (exact) mass is 395 g/mol. The van der Waals surface area contributed by atoms with Crippen molar-refractivity contribution in [3.8, 4) is 0 Å². The van der Waals surface area contributed by atoms with Crippen molar-refractivity contribution in [1.82, 2.24) is 9.21 Å². The lowest BCUT2D eigenvalue weighted by atomic mass is 10.2. The Morgan fingerprint density at radius 2 is 1.74 bits per heavy atom. The molecule has 1 amide bonds. The zero-order chi connectivity index (χ0) is 20.0. The third-order valence-corrected chi connectivity index (χ3v) is 7.54. The predicted molar refractivity (Wildman–Crippen MR) is 109 cm³/mol. The summed E-state index contributed by atoms with van der Waals surface area (Å²) in [5, 5.41) is 2.91. The number of aryl methyl sites for hydroxylation is 1. The zero-order valence-corrected chi connectivity index (χ0v) is 17.8. The first kappa shape index (κ1) is 21.9. The van der Waals surface area contributed by atoms with E-state index in [1.165, 1.54) is 17.1 Å². The number of amides is 1. The first-order chi connectivity index (χ1) is 12.8. The number of sulfonamides is 1. The predicted octanol–water partition coefficient (Wildman–Crippen LogP) is 3.23. The van der Waals surface area contributed by atoms with Gasteiger partial charge in [0.15, 0.2) is 0 Å². The molecule has 1 unspecified atom stereocenters. The third-order valence-electron chi connectivity index (χ3n) is 5.35. The Bertz CT molecular complexity index is 737. The molecule has 2 rings (SSSR count). The molecule has 1 aromatic carbocycles. The average Bonchev–Trinajstić information content (AvgIpc) is 2.92. The average molecular weight is 396 g/mol. The molecule has 1 aliphatic rings. The van der Waals surface area contributed by atoms with Crippen LogP contribution < -0.4 is 5.32 Å². The lowest BCUT2D eigenvalue weighted by molar-refractivity contribution is -0.120. The van der Waals surface area contributed by atoms with E-state index in [9.17, 15) is 13.2 Å². The van der Waals surface area contributed by atoms with Gasteiger partial charge in [-0.05, 0) is 57.5 Å². The van der Waals surface area contributed by atoms with E-state index in [4.69, 9.17) is 0 Å². The molecule has 152 valence electrons. The molecule has 1 atom stereocenters. The number of rotatable bonds is 7. The standard InChI is InChI=1S/C20H33N3O3S/c1-5-23(6-2)27(25,26)19-15-18(12-11-16(19)3)21-20(24)17(4)22-13-9-7-8-10-14-22/h11-12,15,17H,5-10,13-14H2,1-4H3,(H,21,24). The van der Waals surface area contributed by atoms with E-state index in [0.717, 1.165) is 25.9 Å². The Kier molecular flexibility index (Phi) is 7.82. The van der Waals surface area contributed by atoms with Crippen molar-refractivity contribution in [3.63, 3.8) is 0 Å². The minimum absolute atomic E-state index is 0.0908. The Hall–Kier alpha value is -1.44. The molecule has 1 N–H and O–H groups in total. The molecular formula is C20H33N3O3S. The molecule has 0 radical (unpaired) electrons. The SMILES string of the molecule is CCN(CC)S(=O)(=O)c1cc(NC(=O)C(C)N2CCCCCC2)ccc1C. The lowest BCUT2D eigenvalue weighted by Gasteiger charge is -2.26. The summed E-state index contributed by atoms with van der Waals surface area (Å²) < 4.78 is 27.2. The molecular weight excluding hydrogens is 362 g/mol. The molecule has 6 nitrogen and oxygen atoms in total. The fourth-order valence-electron chi connectivity index (χ4n) is 3.55. The number of carbonyl (C=O) groups excluding carboxylic acids is 1. The fraction of sp³-hybridized carbons (Fsp3) is 0.650. The Morgan fingerprint density at radius 3 is 2.30 bits per heavy atom. The second kappa shape index (κ2) is 9.66. The Morgan fingerprint density at radius 1 is 1.15 bits per heavy atom. The van der Waals surface area contributed by atoms with Crippen LogP contribution in [-0.4, -0.2) is 55.8 Å². The van der Waals surface area contributed by atoms with Crippen molar-refractivity contribution in [2.45, 2.75) is 64.3 Å². The van der Waals surface area contributed by atoms with Crippen LogP contribution >= 0.6 is 0 Å². The molecule has 1 aromatic rings. The molecule has 0 saturated carbocycles. The van der Waals surface area contributed by atoms with Gasteiger partial charge in [0, 0.05) is 18.8 Å². The molecule has 1 heterocycles. The second-order valence-electron chi connectivity index (χ2n) is 7.19. The highest BCUT2D eigenvalue weighted by Gasteiger charge is 2.25. The zero-order valence-electron chi connectivity index (χ0n) is 17.0. The number of likely N-dealkylation sites (tertiary alicyclic amines) is 1. The number of anilines is 1. The van der Waals surface area contributed by atoms with Gasteiger partial charge in [-0.15, -0.1) is 0 Å². The van der Waals surface area contributed by atoms with Crippen molar-refractivity contribution >= 4 is 21.6 Å². The van der Waals surface area contributed by atoms with Crippen molar-refractivity contribution in [3.05, 3.63) is 23.8 Å². The molecule has 0 spiro atoms. The van der Waals surface area contributed by atoms with E-state index in [2.05, 4.69) is 10.2 Å². The number of hydrogen-bond donors (Lipinski definition) is 1. The number of nitrogens with zero attached hydrogens (tertiary/aromatic N) is 2. The second-order valence-corrected chi connectivity index (χ2v) is 9.09. The van der Waals surface area contributed by atoms with Gasteiger partial charge in [0.25, 0.3) is 0 Å². The number of hydrogen-bond acceptors (Lipinski definition) is 4. The van der Waals surface area contributed by atoms with Gasteiger partial charge in [-0.25, -0.2) is 8.42 Å². The highest BCUT2D eigenvalue weighted by Crippen LogP contribution is 2.24. The smallest absolute Gasteiger partial charge is 0.243 e. The summed E-state index contributed by atoms with van der Waals surface area (Å²) in [4.78, 5) is 15.2. The summed E-state index contributed by atoms with van der Waals surface area (Å²) in [5.41, 5.74) is 1.21. The molecule has 0 aromatic heterocycles. The van der Waals surface area contributed by atoms with E-state index in [0.29, 0.717) is 24.3 Å². The van der Waals surface area contributed by atoms with E-state index in [1.54, 1.807) is 25.1 Å². The molecule has 1 fully saturated rings. The number of benzene rings is 1. The Labute approximate surface area is 164 Å². The summed E-state index contributed by atoms with van der Waals surface area (Å²) in [6, 6.07) is 4.87. The van der Waals surface area contributed by atoms with Crippen LogP contribution in [0.2, 0.25) is 0 Å². The lowest BCUT2D eigenvalue weighted by Crippen LogP contribution is -2.42. The largest absolute Gasteiger partial charge is 0.325 e. The van der Waals surface area contributed by atoms with Crippen LogP contribution in [0.15, 0.2) is 23.1 Å². The summed E-state index contributed by atoms with van der Waals surface area (Å²) in [5.74, 6) is -0.0908. The maximum absolute atomic E-state index is 12.9. The topological polar surface area (TPSA) is 69.7 Å². The van der Waals surface area contributed by atoms with Gasteiger partial charge in [-0.3, -0.25) is 9.69 Å². The van der Waals surface area contributed by atoms with Crippen LogP contribution in [0.25, 0.3) is 0 Å². The van der Waals surface area contributed by atoms with E-state index in [-0.39, 0.29) is 16.8 Å². The normalized spacial score (nSPS) is 17.5. The van der Waals surface area contributed by atoms with Gasteiger partial charge in [0.05, 0.1) is 10.9 Å². The fourth-order valence-corrected chi connectivity index (χ4v) is 5.26. The maximum Gasteiger partial charge on any atom is 0.243 e. The van der Waals surface area contributed by atoms with Gasteiger partial charge in [0.2, 0.25) is 15.9 Å². The summed E-state index contributed by atoms with van der Waals surface area (Å²) >= 11 is 0. The van der Waals surface area contributed by atoms with Crippen LogP contribution in [0.5, 0.6) is 0 Å². The summed E-state index contributed by atoms with van der Waals surface area (Å²) in [6.45, 7) is 10.1. The Balaban J connectivity index is 2.18. The van der Waals surface area contributed by atoms with Crippen molar-refractivity contribution < 1.29 is 13.2 Å². The quantitative estimate of drug-likeness (QED) is 0.769. The summed E-state index contributed by atoms with van der Waals surface area (Å²) in [6.07, 6.45) is 4.67. The first-order valence-corrected chi connectivity index (χ1v) is 11.4.